The molecule has 0 unspecified atom stereocenters. The van der Waals surface area contributed by atoms with E-state index in [2.05, 4.69) is 45.1 Å². The first kappa shape index (κ1) is 15.5. The van der Waals surface area contributed by atoms with Crippen molar-refractivity contribution in [1.29, 1.82) is 0 Å². The second kappa shape index (κ2) is 12.5. The summed E-state index contributed by atoms with van der Waals surface area (Å²) in [5.74, 6) is 0.797. The minimum Gasteiger partial charge on any atom is -0.0885 e. The molecule has 0 heteroatoms. The fourth-order valence-corrected chi connectivity index (χ4v) is 1.60. The van der Waals surface area contributed by atoms with Crippen LogP contribution in [0.25, 0.3) is 0 Å². The van der Waals surface area contributed by atoms with Crippen molar-refractivity contribution in [3.8, 4) is 0 Å². The van der Waals surface area contributed by atoms with Crippen LogP contribution in [-0.2, 0) is 0 Å². The van der Waals surface area contributed by atoms with Gasteiger partial charge in [-0.2, -0.15) is 0 Å². The molecule has 0 nitrogen and oxygen atoms in total. The highest BCUT2D eigenvalue weighted by molar-refractivity contribution is 4.88. The molecule has 0 amide bonds. The third kappa shape index (κ3) is 13.5. The average molecular weight is 222 g/mol. The summed E-state index contributed by atoms with van der Waals surface area (Å²) in [6, 6.07) is 0. The van der Waals surface area contributed by atoms with Crippen LogP contribution in [0.2, 0.25) is 0 Å². The predicted molar refractivity (Wildman–Crippen MR) is 75.7 cm³/mol. The minimum absolute atomic E-state index is 0.797. The lowest BCUT2D eigenvalue weighted by Gasteiger charge is -1.96. The predicted octanol–water partition coefficient (Wildman–Crippen LogP) is 5.90. The van der Waals surface area contributed by atoms with E-state index in [1.54, 1.807) is 0 Å². The summed E-state index contributed by atoms with van der Waals surface area (Å²) in [5.41, 5.74) is 0. The van der Waals surface area contributed by atoms with Gasteiger partial charge in [0.1, 0.15) is 0 Å². The summed E-state index contributed by atoms with van der Waals surface area (Å²) < 4.78 is 0. The summed E-state index contributed by atoms with van der Waals surface area (Å²) in [7, 11) is 0. The highest BCUT2D eigenvalue weighted by Gasteiger charge is 1.86. The second-order valence-corrected chi connectivity index (χ2v) is 5.00. The molecule has 0 atom stereocenters. The van der Waals surface area contributed by atoms with Crippen molar-refractivity contribution in [1.82, 2.24) is 0 Å². The molecule has 0 radical (unpaired) electrons. The van der Waals surface area contributed by atoms with Crippen LogP contribution in [0.15, 0.2) is 24.3 Å². The molecular weight excluding hydrogens is 192 g/mol. The van der Waals surface area contributed by atoms with Gasteiger partial charge in [0.15, 0.2) is 0 Å². The quantitative estimate of drug-likeness (QED) is 0.319. The number of hydrogen-bond donors (Lipinski definition) is 0. The lowest BCUT2D eigenvalue weighted by Crippen LogP contribution is -1.80. The van der Waals surface area contributed by atoms with E-state index in [0.29, 0.717) is 0 Å². The molecule has 0 N–H and O–H groups in total. The summed E-state index contributed by atoms with van der Waals surface area (Å²) in [5, 5.41) is 0. The fourth-order valence-electron chi connectivity index (χ4n) is 1.60. The Bertz CT molecular complexity index is 174. The van der Waals surface area contributed by atoms with Crippen LogP contribution in [0, 0.1) is 5.92 Å². The smallest absolute Gasteiger partial charge is 0.0316 e. The molecule has 0 aromatic carbocycles. The summed E-state index contributed by atoms with van der Waals surface area (Å²) in [4.78, 5) is 0. The maximum Gasteiger partial charge on any atom is -0.0316 e. The van der Waals surface area contributed by atoms with Crippen LogP contribution in [-0.4, -0.2) is 0 Å². The zero-order valence-electron chi connectivity index (χ0n) is 11.5. The molecule has 0 aliphatic rings. The molecule has 16 heavy (non-hydrogen) atoms. The molecule has 0 rings (SSSR count). The number of allylic oxidation sites excluding steroid dienone is 4. The molecule has 0 bridgehead atoms. The van der Waals surface area contributed by atoms with Crippen LogP contribution in [0.4, 0.5) is 0 Å². The average Bonchev–Trinajstić information content (AvgIpc) is 2.25. The van der Waals surface area contributed by atoms with E-state index in [4.69, 9.17) is 0 Å². The first-order valence-corrected chi connectivity index (χ1v) is 7.07. The van der Waals surface area contributed by atoms with E-state index in [9.17, 15) is 0 Å². The Labute approximate surface area is 103 Å². The molecule has 0 heterocycles. The van der Waals surface area contributed by atoms with E-state index in [1.807, 2.05) is 0 Å². The summed E-state index contributed by atoms with van der Waals surface area (Å²) in [6.07, 6.45) is 19.7. The van der Waals surface area contributed by atoms with Crippen molar-refractivity contribution in [3.63, 3.8) is 0 Å². The Morgan fingerprint density at radius 1 is 0.750 bits per heavy atom. The first-order valence-electron chi connectivity index (χ1n) is 7.07. The van der Waals surface area contributed by atoms with E-state index >= 15 is 0 Å². The molecule has 0 aromatic heterocycles. The normalized spacial score (nSPS) is 12.2. The number of unbranched alkanes of at least 4 members (excludes halogenated alkanes) is 5. The van der Waals surface area contributed by atoms with Gasteiger partial charge in [0.2, 0.25) is 0 Å². The molecular formula is C16H30. The van der Waals surface area contributed by atoms with Gasteiger partial charge < -0.3 is 0 Å². The minimum atomic E-state index is 0.797. The van der Waals surface area contributed by atoms with Gasteiger partial charge in [-0.15, -0.1) is 0 Å². The zero-order chi connectivity index (χ0) is 12.1. The van der Waals surface area contributed by atoms with E-state index in [1.165, 1.54) is 51.4 Å². The lowest BCUT2D eigenvalue weighted by atomic mass is 10.1. The van der Waals surface area contributed by atoms with Crippen LogP contribution < -0.4 is 0 Å². The van der Waals surface area contributed by atoms with Crippen molar-refractivity contribution in [2.75, 3.05) is 0 Å². The molecule has 0 fully saturated rings. The molecule has 0 saturated heterocycles. The molecule has 0 saturated carbocycles. The van der Waals surface area contributed by atoms with Gasteiger partial charge in [0.05, 0.1) is 0 Å². The molecule has 0 aliphatic heterocycles. The van der Waals surface area contributed by atoms with Crippen molar-refractivity contribution in [3.05, 3.63) is 24.3 Å². The monoisotopic (exact) mass is 222 g/mol. The number of hydrogen-bond acceptors (Lipinski definition) is 0. The first-order chi connectivity index (χ1) is 7.77. The van der Waals surface area contributed by atoms with E-state index in [0.717, 1.165) is 5.92 Å². The lowest BCUT2D eigenvalue weighted by molar-refractivity contribution is 0.662. The van der Waals surface area contributed by atoms with Gasteiger partial charge in [-0.1, -0.05) is 64.3 Å². The van der Waals surface area contributed by atoms with Gasteiger partial charge in [0.25, 0.3) is 0 Å². The Morgan fingerprint density at radius 2 is 1.38 bits per heavy atom. The van der Waals surface area contributed by atoms with Crippen molar-refractivity contribution < 1.29 is 0 Å². The van der Waals surface area contributed by atoms with Gasteiger partial charge in [0, 0.05) is 0 Å². The highest BCUT2D eigenvalue weighted by Crippen LogP contribution is 2.05. The summed E-state index contributed by atoms with van der Waals surface area (Å²) in [6.45, 7) is 6.79. The van der Waals surface area contributed by atoms with Crippen molar-refractivity contribution >= 4 is 0 Å². The summed E-state index contributed by atoms with van der Waals surface area (Å²) >= 11 is 0. The number of rotatable bonds is 10. The van der Waals surface area contributed by atoms with Crippen LogP contribution >= 0.6 is 0 Å². The largest absolute Gasteiger partial charge is 0.0885 e. The van der Waals surface area contributed by atoms with Crippen molar-refractivity contribution in [2.24, 2.45) is 5.92 Å². The molecule has 94 valence electrons. The Hall–Kier alpha value is -0.520. The highest BCUT2D eigenvalue weighted by atomic mass is 13.9. The maximum absolute atomic E-state index is 2.35. The van der Waals surface area contributed by atoms with Gasteiger partial charge in [-0.3, -0.25) is 0 Å². The topological polar surface area (TPSA) is 0 Å². The Morgan fingerprint density at radius 3 is 2.00 bits per heavy atom. The third-order valence-corrected chi connectivity index (χ3v) is 2.67. The standard InChI is InChI=1S/C16H30/c1-4-5-6-7-8-9-10-11-12-13-14-15-16(2)3/h9-10,13-14,16H,4-8,11-12,15H2,1-3H3/b10-9+,14-13+. The van der Waals surface area contributed by atoms with Crippen molar-refractivity contribution in [2.45, 2.75) is 72.1 Å². The molecule has 0 aromatic rings. The Kier molecular flexibility index (Phi) is 12.1. The van der Waals surface area contributed by atoms with Crippen LogP contribution in [0.5, 0.6) is 0 Å². The van der Waals surface area contributed by atoms with Crippen LogP contribution in [0.1, 0.15) is 72.1 Å². The van der Waals surface area contributed by atoms with Gasteiger partial charge in [-0.05, 0) is 38.0 Å². The molecule has 0 aliphatic carbocycles. The van der Waals surface area contributed by atoms with E-state index < -0.39 is 0 Å². The maximum atomic E-state index is 2.35. The second-order valence-electron chi connectivity index (χ2n) is 5.00. The van der Waals surface area contributed by atoms with E-state index in [-0.39, 0.29) is 0 Å². The van der Waals surface area contributed by atoms with Crippen LogP contribution in [0.3, 0.4) is 0 Å². The zero-order valence-corrected chi connectivity index (χ0v) is 11.5. The molecule has 0 spiro atoms. The van der Waals surface area contributed by atoms with Gasteiger partial charge in [-0.25, -0.2) is 0 Å². The van der Waals surface area contributed by atoms with Gasteiger partial charge >= 0.3 is 0 Å². The fraction of sp³-hybridized carbons (Fsp3) is 0.750. The third-order valence-electron chi connectivity index (χ3n) is 2.67. The Balaban J connectivity index is 3.18. The SMILES string of the molecule is CCCCCC/C=C/CC/C=C/CC(C)C.